The highest BCUT2D eigenvalue weighted by Gasteiger charge is 2.20. The molecule has 22 heavy (non-hydrogen) atoms. The minimum absolute atomic E-state index is 0.0136. The summed E-state index contributed by atoms with van der Waals surface area (Å²) in [6.45, 7) is 9.88. The molecule has 0 heterocycles. The van der Waals surface area contributed by atoms with Crippen molar-refractivity contribution < 1.29 is 13.2 Å². The smallest absolute Gasteiger partial charge is 0.251 e. The quantitative estimate of drug-likeness (QED) is 0.809. The van der Waals surface area contributed by atoms with Crippen molar-refractivity contribution in [3.05, 3.63) is 29.8 Å². The van der Waals surface area contributed by atoms with Crippen LogP contribution in [0.25, 0.3) is 0 Å². The summed E-state index contributed by atoms with van der Waals surface area (Å²) in [6.07, 6.45) is 0. The highest BCUT2D eigenvalue weighted by atomic mass is 32.2. The molecule has 0 atom stereocenters. The van der Waals surface area contributed by atoms with Gasteiger partial charge in [-0.1, -0.05) is 27.7 Å². The summed E-state index contributed by atoms with van der Waals surface area (Å²) >= 11 is 0. The SMILES string of the molecule is CCS(=O)(=O)Nc1ccc(C(=O)NC(C(C)C)C(C)C)cc1. The summed E-state index contributed by atoms with van der Waals surface area (Å²) in [7, 11) is -3.30. The molecule has 0 saturated carbocycles. The lowest BCUT2D eigenvalue weighted by molar-refractivity contribution is 0.0910. The van der Waals surface area contributed by atoms with Crippen LogP contribution >= 0.6 is 0 Å². The Kier molecular flexibility index (Phi) is 6.41. The molecular weight excluding hydrogens is 300 g/mol. The van der Waals surface area contributed by atoms with Crippen molar-refractivity contribution in [1.29, 1.82) is 0 Å². The van der Waals surface area contributed by atoms with E-state index in [1.807, 2.05) is 0 Å². The van der Waals surface area contributed by atoms with Gasteiger partial charge < -0.3 is 5.32 Å². The van der Waals surface area contributed by atoms with E-state index in [1.54, 1.807) is 31.2 Å². The first-order valence-corrected chi connectivity index (χ1v) is 9.23. The van der Waals surface area contributed by atoms with E-state index in [0.717, 1.165) is 0 Å². The Hall–Kier alpha value is -1.56. The Bertz CT molecular complexity index is 584. The van der Waals surface area contributed by atoms with E-state index >= 15 is 0 Å². The Morgan fingerprint density at radius 2 is 1.55 bits per heavy atom. The first-order valence-electron chi connectivity index (χ1n) is 7.57. The van der Waals surface area contributed by atoms with Crippen molar-refractivity contribution >= 4 is 21.6 Å². The van der Waals surface area contributed by atoms with E-state index in [4.69, 9.17) is 0 Å². The van der Waals surface area contributed by atoms with Gasteiger partial charge in [-0.05, 0) is 43.0 Å². The second-order valence-corrected chi connectivity index (χ2v) is 8.08. The molecule has 0 fully saturated rings. The van der Waals surface area contributed by atoms with E-state index in [0.29, 0.717) is 23.1 Å². The van der Waals surface area contributed by atoms with Gasteiger partial charge in [0, 0.05) is 17.3 Å². The van der Waals surface area contributed by atoms with Gasteiger partial charge in [-0.2, -0.15) is 0 Å². The van der Waals surface area contributed by atoms with Gasteiger partial charge in [0.2, 0.25) is 10.0 Å². The van der Waals surface area contributed by atoms with Gasteiger partial charge in [0.25, 0.3) is 5.91 Å². The molecule has 1 rings (SSSR count). The summed E-state index contributed by atoms with van der Waals surface area (Å²) in [5.41, 5.74) is 0.980. The van der Waals surface area contributed by atoms with Gasteiger partial charge in [0.1, 0.15) is 0 Å². The maximum atomic E-state index is 12.3. The van der Waals surface area contributed by atoms with Gasteiger partial charge in [0.15, 0.2) is 0 Å². The van der Waals surface area contributed by atoms with Gasteiger partial charge in [-0.25, -0.2) is 8.42 Å². The lowest BCUT2D eigenvalue weighted by Crippen LogP contribution is -2.42. The summed E-state index contributed by atoms with van der Waals surface area (Å²) in [5.74, 6) is 0.566. The Balaban J connectivity index is 2.80. The van der Waals surface area contributed by atoms with Crippen molar-refractivity contribution in [3.8, 4) is 0 Å². The number of amides is 1. The largest absolute Gasteiger partial charge is 0.349 e. The van der Waals surface area contributed by atoms with Gasteiger partial charge >= 0.3 is 0 Å². The third kappa shape index (κ3) is 5.33. The highest BCUT2D eigenvalue weighted by Crippen LogP contribution is 2.15. The molecule has 5 nitrogen and oxygen atoms in total. The van der Waals surface area contributed by atoms with Crippen LogP contribution in [0.5, 0.6) is 0 Å². The maximum absolute atomic E-state index is 12.3. The van der Waals surface area contributed by atoms with E-state index in [2.05, 4.69) is 37.7 Å². The zero-order valence-corrected chi connectivity index (χ0v) is 14.7. The molecule has 0 aliphatic carbocycles. The topological polar surface area (TPSA) is 75.3 Å². The molecule has 2 N–H and O–H groups in total. The molecule has 0 unspecified atom stereocenters. The van der Waals surface area contributed by atoms with Gasteiger partial charge in [-0.3, -0.25) is 9.52 Å². The van der Waals surface area contributed by atoms with E-state index in [-0.39, 0.29) is 17.7 Å². The summed E-state index contributed by atoms with van der Waals surface area (Å²) < 4.78 is 25.4. The number of anilines is 1. The third-order valence-corrected chi connectivity index (χ3v) is 4.84. The van der Waals surface area contributed by atoms with Crippen LogP contribution in [-0.4, -0.2) is 26.1 Å². The minimum atomic E-state index is -3.30. The van der Waals surface area contributed by atoms with E-state index in [1.165, 1.54) is 0 Å². The monoisotopic (exact) mass is 326 g/mol. The molecule has 0 spiro atoms. The Labute approximate surface area is 133 Å². The number of hydrogen-bond acceptors (Lipinski definition) is 3. The fourth-order valence-corrected chi connectivity index (χ4v) is 2.92. The summed E-state index contributed by atoms with van der Waals surface area (Å²) in [6, 6.07) is 6.55. The number of sulfonamides is 1. The number of rotatable bonds is 7. The fraction of sp³-hybridized carbons (Fsp3) is 0.562. The van der Waals surface area contributed by atoms with Crippen LogP contribution in [-0.2, 0) is 10.0 Å². The molecule has 0 aromatic heterocycles. The van der Waals surface area contributed by atoms with Crippen molar-refractivity contribution in [2.45, 2.75) is 40.7 Å². The summed E-state index contributed by atoms with van der Waals surface area (Å²) in [4.78, 5) is 12.3. The van der Waals surface area contributed by atoms with Crippen LogP contribution in [0.15, 0.2) is 24.3 Å². The molecule has 0 bridgehead atoms. The highest BCUT2D eigenvalue weighted by molar-refractivity contribution is 7.92. The first-order chi connectivity index (χ1) is 10.2. The van der Waals surface area contributed by atoms with Crippen LogP contribution in [0.2, 0.25) is 0 Å². The fourth-order valence-electron chi connectivity index (χ4n) is 2.28. The van der Waals surface area contributed by atoms with Crippen molar-refractivity contribution in [1.82, 2.24) is 5.32 Å². The normalized spacial score (nSPS) is 12.0. The summed E-state index contributed by atoms with van der Waals surface area (Å²) in [5, 5.41) is 3.03. The number of carbonyl (C=O) groups is 1. The first kappa shape index (κ1) is 18.5. The van der Waals surface area contributed by atoms with Crippen LogP contribution < -0.4 is 10.0 Å². The molecule has 0 radical (unpaired) electrons. The Morgan fingerprint density at radius 3 is 1.95 bits per heavy atom. The number of benzene rings is 1. The average Bonchev–Trinajstić information content (AvgIpc) is 2.44. The van der Waals surface area contributed by atoms with Gasteiger partial charge in [0.05, 0.1) is 5.75 Å². The van der Waals surface area contributed by atoms with Crippen LogP contribution in [0.1, 0.15) is 45.0 Å². The van der Waals surface area contributed by atoms with Crippen LogP contribution in [0.4, 0.5) is 5.69 Å². The maximum Gasteiger partial charge on any atom is 0.251 e. The molecule has 1 amide bonds. The van der Waals surface area contributed by atoms with Crippen LogP contribution in [0.3, 0.4) is 0 Å². The lowest BCUT2D eigenvalue weighted by atomic mass is 9.93. The van der Waals surface area contributed by atoms with Crippen LogP contribution in [0, 0.1) is 11.8 Å². The molecule has 0 saturated heterocycles. The second kappa shape index (κ2) is 7.63. The lowest BCUT2D eigenvalue weighted by Gasteiger charge is -2.26. The van der Waals surface area contributed by atoms with E-state index in [9.17, 15) is 13.2 Å². The Morgan fingerprint density at radius 1 is 1.05 bits per heavy atom. The van der Waals surface area contributed by atoms with Crippen molar-refractivity contribution in [2.24, 2.45) is 11.8 Å². The second-order valence-electron chi connectivity index (χ2n) is 6.07. The molecule has 124 valence electrons. The molecule has 1 aromatic rings. The predicted octanol–water partition coefficient (Wildman–Crippen LogP) is 2.86. The molecule has 6 heteroatoms. The predicted molar refractivity (Wildman–Crippen MR) is 90.5 cm³/mol. The van der Waals surface area contributed by atoms with Crippen molar-refractivity contribution in [2.75, 3.05) is 10.5 Å². The van der Waals surface area contributed by atoms with E-state index < -0.39 is 10.0 Å². The molecule has 1 aromatic carbocycles. The average molecular weight is 326 g/mol. The zero-order valence-electron chi connectivity index (χ0n) is 13.9. The molecule has 0 aliphatic heterocycles. The van der Waals surface area contributed by atoms with Gasteiger partial charge in [-0.15, -0.1) is 0 Å². The standard InChI is InChI=1S/C16H26N2O3S/c1-6-22(20,21)18-14-9-7-13(8-10-14)16(19)17-15(11(2)3)12(4)5/h7-12,15,18H,6H2,1-5H3,(H,17,19). The zero-order chi connectivity index (χ0) is 16.9. The molecule has 0 aliphatic rings. The number of carbonyl (C=O) groups excluding carboxylic acids is 1. The van der Waals surface area contributed by atoms with Crippen molar-refractivity contribution in [3.63, 3.8) is 0 Å². The number of hydrogen-bond donors (Lipinski definition) is 2. The third-order valence-electron chi connectivity index (χ3n) is 3.53. The molecular formula is C16H26N2O3S. The minimum Gasteiger partial charge on any atom is -0.349 e. The number of nitrogens with one attached hydrogen (secondary N) is 2.